The molecule has 0 spiro atoms. The maximum atomic E-state index is 8.51. The van der Waals surface area contributed by atoms with Crippen molar-refractivity contribution in [3.8, 4) is 11.5 Å². The van der Waals surface area contributed by atoms with E-state index in [4.69, 9.17) is 29.8 Å². The van der Waals surface area contributed by atoms with Crippen LogP contribution in [-0.4, -0.2) is 51.3 Å². The molecule has 224 valence electrons. The van der Waals surface area contributed by atoms with Crippen molar-refractivity contribution in [2.45, 2.75) is 38.5 Å². The Labute approximate surface area is 254 Å². The first-order chi connectivity index (χ1) is 21.2. The number of rotatable bonds is 18. The first kappa shape index (κ1) is 30.3. The molecule has 4 aromatic carbocycles. The van der Waals surface area contributed by atoms with Crippen molar-refractivity contribution in [3.05, 3.63) is 107 Å². The first-order valence-corrected chi connectivity index (χ1v) is 15.2. The van der Waals surface area contributed by atoms with Gasteiger partial charge in [-0.05, 0) is 84.7 Å². The summed E-state index contributed by atoms with van der Waals surface area (Å²) in [4.78, 5) is 0. The van der Waals surface area contributed by atoms with Gasteiger partial charge in [0.05, 0.1) is 13.2 Å². The van der Waals surface area contributed by atoms with Crippen molar-refractivity contribution in [1.29, 1.82) is 10.8 Å². The highest BCUT2D eigenvalue weighted by Gasteiger charge is 2.26. The Morgan fingerprint density at radius 1 is 0.535 bits per heavy atom. The number of benzene rings is 4. The molecular formula is C36H41N3O4. The zero-order valence-corrected chi connectivity index (χ0v) is 24.7. The molecule has 7 nitrogen and oxygen atoms in total. The van der Waals surface area contributed by atoms with Crippen molar-refractivity contribution < 1.29 is 18.9 Å². The van der Waals surface area contributed by atoms with Gasteiger partial charge in [-0.15, -0.1) is 0 Å². The molecule has 0 saturated heterocycles. The molecule has 0 bridgehead atoms. The van der Waals surface area contributed by atoms with E-state index < -0.39 is 0 Å². The van der Waals surface area contributed by atoms with Gasteiger partial charge in [-0.2, -0.15) is 0 Å². The van der Waals surface area contributed by atoms with Gasteiger partial charge in [-0.25, -0.2) is 0 Å². The number of ether oxygens (including phenoxy) is 4. The number of unbranched alkanes of at least 4 members (excludes halogenated alkanes) is 2. The molecule has 0 saturated carbocycles. The van der Waals surface area contributed by atoms with Crippen molar-refractivity contribution in [2.24, 2.45) is 0 Å². The molecule has 7 heteroatoms. The standard InChI is InChI=1S/C36H41N3O4/c37-35-33-28(12-8-10-20-41-22-24-43-31-15-5-2-6-16-31)26-29-25-27(17-18-32(29)34(33)36(38)39-35)11-7-9-19-40-21-23-42-30-13-3-1-4-14-30/h1-6,13-18,25-26H,7-12,19-24H2,(H3,37,38,39). The van der Waals surface area contributed by atoms with E-state index in [1.165, 1.54) is 5.56 Å². The average molecular weight is 580 g/mol. The number of fused-ring (bicyclic) bond motifs is 3. The normalized spacial score (nSPS) is 12.4. The average Bonchev–Trinajstić information content (AvgIpc) is 3.34. The lowest BCUT2D eigenvalue weighted by Gasteiger charge is -2.13. The third-order valence-electron chi connectivity index (χ3n) is 7.50. The van der Waals surface area contributed by atoms with E-state index >= 15 is 0 Å². The fourth-order valence-corrected chi connectivity index (χ4v) is 5.39. The summed E-state index contributed by atoms with van der Waals surface area (Å²) in [6.07, 6.45) is 5.73. The van der Waals surface area contributed by atoms with Gasteiger partial charge in [-0.3, -0.25) is 10.8 Å². The Balaban J connectivity index is 1.07. The molecule has 1 aliphatic heterocycles. The van der Waals surface area contributed by atoms with Gasteiger partial charge in [0.25, 0.3) is 0 Å². The molecule has 0 aliphatic carbocycles. The lowest BCUT2D eigenvalue weighted by molar-refractivity contribution is 0.0975. The van der Waals surface area contributed by atoms with Crippen molar-refractivity contribution >= 4 is 22.4 Å². The Kier molecular flexibility index (Phi) is 11.2. The summed E-state index contributed by atoms with van der Waals surface area (Å²) in [5.41, 5.74) is 4.13. The predicted molar refractivity (Wildman–Crippen MR) is 172 cm³/mol. The van der Waals surface area contributed by atoms with Crippen LogP contribution in [0.4, 0.5) is 0 Å². The highest BCUT2D eigenvalue weighted by molar-refractivity contribution is 6.28. The molecule has 3 N–H and O–H groups in total. The van der Waals surface area contributed by atoms with Gasteiger partial charge < -0.3 is 24.3 Å². The van der Waals surface area contributed by atoms with Crippen LogP contribution < -0.4 is 14.8 Å². The van der Waals surface area contributed by atoms with Crippen LogP contribution in [0.3, 0.4) is 0 Å². The third kappa shape index (κ3) is 8.66. The largest absolute Gasteiger partial charge is 0.491 e. The van der Waals surface area contributed by atoms with Crippen LogP contribution in [0.2, 0.25) is 0 Å². The Morgan fingerprint density at radius 3 is 1.74 bits per heavy atom. The first-order valence-electron chi connectivity index (χ1n) is 15.2. The van der Waals surface area contributed by atoms with E-state index in [2.05, 4.69) is 29.6 Å². The Hall–Kier alpha value is -4.20. The number of aryl methyl sites for hydroxylation is 2. The fourth-order valence-electron chi connectivity index (χ4n) is 5.39. The van der Waals surface area contributed by atoms with Crippen LogP contribution in [-0.2, 0) is 22.3 Å². The van der Waals surface area contributed by atoms with Gasteiger partial charge >= 0.3 is 0 Å². The summed E-state index contributed by atoms with van der Waals surface area (Å²) in [5.74, 6) is 2.36. The molecule has 1 aliphatic rings. The molecule has 43 heavy (non-hydrogen) atoms. The molecule has 0 amide bonds. The summed E-state index contributed by atoms with van der Waals surface area (Å²) in [6, 6.07) is 28.3. The predicted octanol–water partition coefficient (Wildman–Crippen LogP) is 6.93. The van der Waals surface area contributed by atoms with Crippen LogP contribution in [0.1, 0.15) is 47.9 Å². The van der Waals surface area contributed by atoms with Gasteiger partial charge in [-0.1, -0.05) is 60.7 Å². The second-order valence-electron chi connectivity index (χ2n) is 10.7. The lowest BCUT2D eigenvalue weighted by Crippen LogP contribution is -2.20. The van der Waals surface area contributed by atoms with Gasteiger partial charge in [0.15, 0.2) is 0 Å². The second kappa shape index (κ2) is 15.9. The Morgan fingerprint density at radius 2 is 1.12 bits per heavy atom. The third-order valence-corrected chi connectivity index (χ3v) is 7.50. The molecule has 5 rings (SSSR count). The molecular weight excluding hydrogens is 538 g/mol. The van der Waals surface area contributed by atoms with E-state index in [0.717, 1.165) is 84.1 Å². The summed E-state index contributed by atoms with van der Waals surface area (Å²) in [6.45, 7) is 3.63. The van der Waals surface area contributed by atoms with E-state index in [1.54, 1.807) is 0 Å². The zero-order valence-electron chi connectivity index (χ0n) is 24.7. The minimum atomic E-state index is 0.315. The summed E-state index contributed by atoms with van der Waals surface area (Å²) >= 11 is 0. The minimum absolute atomic E-state index is 0.315. The van der Waals surface area contributed by atoms with Gasteiger partial charge in [0.2, 0.25) is 0 Å². The molecule has 0 atom stereocenters. The van der Waals surface area contributed by atoms with Crippen molar-refractivity contribution in [3.63, 3.8) is 0 Å². The minimum Gasteiger partial charge on any atom is -0.491 e. The Bertz CT molecular complexity index is 1490. The molecule has 0 fully saturated rings. The molecule has 1 heterocycles. The highest BCUT2D eigenvalue weighted by atomic mass is 16.5. The quantitative estimate of drug-likeness (QED) is 0.111. The topological polar surface area (TPSA) is 96.7 Å². The van der Waals surface area contributed by atoms with Crippen LogP contribution in [0.15, 0.2) is 84.9 Å². The SMILES string of the molecule is N=C1NC(=N)c2c1c(CCCCOCCOc1ccccc1)cc1cc(CCCCOCCOc3ccccc3)ccc21. The number of hydrogen-bond donors (Lipinski definition) is 3. The summed E-state index contributed by atoms with van der Waals surface area (Å²) in [5, 5.41) is 22.1. The van der Waals surface area contributed by atoms with Gasteiger partial charge in [0, 0.05) is 24.3 Å². The highest BCUT2D eigenvalue weighted by Crippen LogP contribution is 2.31. The number of hydrogen-bond acceptors (Lipinski definition) is 6. The second-order valence-corrected chi connectivity index (χ2v) is 10.7. The van der Waals surface area contributed by atoms with Crippen LogP contribution in [0, 0.1) is 10.8 Å². The zero-order chi connectivity index (χ0) is 29.7. The van der Waals surface area contributed by atoms with Crippen molar-refractivity contribution in [1.82, 2.24) is 5.32 Å². The molecule has 0 aromatic heterocycles. The maximum Gasteiger partial charge on any atom is 0.132 e. The lowest BCUT2D eigenvalue weighted by atomic mass is 9.91. The van der Waals surface area contributed by atoms with E-state index in [9.17, 15) is 0 Å². The van der Waals surface area contributed by atoms with Crippen LogP contribution in [0.25, 0.3) is 10.8 Å². The van der Waals surface area contributed by atoms with E-state index in [1.807, 2.05) is 60.7 Å². The number of amidine groups is 2. The van der Waals surface area contributed by atoms with Gasteiger partial charge in [0.1, 0.15) is 36.4 Å². The molecule has 0 unspecified atom stereocenters. The molecule has 0 radical (unpaired) electrons. The summed E-state index contributed by atoms with van der Waals surface area (Å²) < 4.78 is 22.9. The van der Waals surface area contributed by atoms with Crippen LogP contribution in [0.5, 0.6) is 11.5 Å². The summed E-state index contributed by atoms with van der Waals surface area (Å²) in [7, 11) is 0. The van der Waals surface area contributed by atoms with E-state index in [0.29, 0.717) is 44.7 Å². The van der Waals surface area contributed by atoms with Crippen LogP contribution >= 0.6 is 0 Å². The number of nitrogens with one attached hydrogen (secondary N) is 3. The number of para-hydroxylation sites is 2. The fraction of sp³-hybridized carbons (Fsp3) is 0.333. The smallest absolute Gasteiger partial charge is 0.132 e. The van der Waals surface area contributed by atoms with E-state index in [-0.39, 0.29) is 0 Å². The monoisotopic (exact) mass is 579 g/mol. The molecule has 4 aromatic rings. The maximum absolute atomic E-state index is 8.51. The van der Waals surface area contributed by atoms with Crippen molar-refractivity contribution in [2.75, 3.05) is 39.6 Å².